The van der Waals surface area contributed by atoms with E-state index in [1.54, 1.807) is 13.1 Å². The number of amides is 1. The Labute approximate surface area is 121 Å². The van der Waals surface area contributed by atoms with Gasteiger partial charge in [-0.1, -0.05) is 19.3 Å². The number of hydrogen-bond donors (Lipinski definition) is 2. The standard InChI is InChI=1S/C16H25N3O/c1-18-16(20)13-8-9-14(17)15(10-13)19(2)11-12-6-4-3-5-7-12/h8-10,12H,3-7,11,17H2,1-2H3,(H,18,20). The number of nitrogens with zero attached hydrogens (tertiary/aromatic N) is 1. The van der Waals surface area contributed by atoms with Crippen molar-refractivity contribution in [3.05, 3.63) is 23.8 Å². The van der Waals surface area contributed by atoms with Crippen LogP contribution in [-0.2, 0) is 0 Å². The van der Waals surface area contributed by atoms with Gasteiger partial charge in [0.05, 0.1) is 11.4 Å². The van der Waals surface area contributed by atoms with Gasteiger partial charge < -0.3 is 16.0 Å². The van der Waals surface area contributed by atoms with Gasteiger partial charge in [0.2, 0.25) is 0 Å². The van der Waals surface area contributed by atoms with Crippen LogP contribution in [0.4, 0.5) is 11.4 Å². The van der Waals surface area contributed by atoms with Crippen molar-refractivity contribution in [3.8, 4) is 0 Å². The molecule has 1 aliphatic carbocycles. The first-order valence-electron chi connectivity index (χ1n) is 7.44. The van der Waals surface area contributed by atoms with Crippen LogP contribution in [0.2, 0.25) is 0 Å². The minimum Gasteiger partial charge on any atom is -0.397 e. The summed E-state index contributed by atoms with van der Waals surface area (Å²) in [5, 5.41) is 2.65. The summed E-state index contributed by atoms with van der Waals surface area (Å²) in [5.74, 6) is 0.675. The molecule has 0 saturated heterocycles. The average Bonchev–Trinajstić information content (AvgIpc) is 2.48. The zero-order valence-corrected chi connectivity index (χ0v) is 12.5. The Morgan fingerprint density at radius 3 is 2.70 bits per heavy atom. The van der Waals surface area contributed by atoms with Crippen molar-refractivity contribution >= 4 is 17.3 Å². The summed E-state index contributed by atoms with van der Waals surface area (Å²) in [6.45, 7) is 1.02. The van der Waals surface area contributed by atoms with E-state index in [4.69, 9.17) is 5.73 Å². The van der Waals surface area contributed by atoms with Crippen LogP contribution < -0.4 is 16.0 Å². The van der Waals surface area contributed by atoms with Crippen LogP contribution in [0.3, 0.4) is 0 Å². The van der Waals surface area contributed by atoms with Gasteiger partial charge in [0.15, 0.2) is 0 Å². The van der Waals surface area contributed by atoms with Crippen LogP contribution in [0.15, 0.2) is 18.2 Å². The van der Waals surface area contributed by atoms with E-state index >= 15 is 0 Å². The summed E-state index contributed by atoms with van der Waals surface area (Å²) < 4.78 is 0. The van der Waals surface area contributed by atoms with Gasteiger partial charge in [0, 0.05) is 26.2 Å². The third kappa shape index (κ3) is 3.44. The monoisotopic (exact) mass is 275 g/mol. The summed E-state index contributed by atoms with van der Waals surface area (Å²) in [4.78, 5) is 13.9. The minimum absolute atomic E-state index is 0.0719. The van der Waals surface area contributed by atoms with E-state index < -0.39 is 0 Å². The van der Waals surface area contributed by atoms with Gasteiger partial charge in [-0.3, -0.25) is 4.79 Å². The number of anilines is 2. The van der Waals surface area contributed by atoms with E-state index in [0.717, 1.165) is 23.8 Å². The molecule has 2 rings (SSSR count). The van der Waals surface area contributed by atoms with Crippen LogP contribution in [0, 0.1) is 5.92 Å². The van der Waals surface area contributed by atoms with Gasteiger partial charge in [0.25, 0.3) is 5.91 Å². The molecule has 1 amide bonds. The van der Waals surface area contributed by atoms with Crippen LogP contribution >= 0.6 is 0 Å². The van der Waals surface area contributed by atoms with E-state index in [-0.39, 0.29) is 5.91 Å². The smallest absolute Gasteiger partial charge is 0.251 e. The normalized spacial score (nSPS) is 15.9. The first kappa shape index (κ1) is 14.7. The topological polar surface area (TPSA) is 58.4 Å². The van der Waals surface area contributed by atoms with Gasteiger partial charge in [-0.05, 0) is 37.0 Å². The summed E-state index contributed by atoms with van der Waals surface area (Å²) >= 11 is 0. The van der Waals surface area contributed by atoms with E-state index in [2.05, 4.69) is 17.3 Å². The SMILES string of the molecule is CNC(=O)c1ccc(N)c(N(C)CC2CCCCC2)c1. The first-order chi connectivity index (χ1) is 9.61. The molecular weight excluding hydrogens is 250 g/mol. The van der Waals surface area contributed by atoms with Crippen molar-refractivity contribution < 1.29 is 4.79 Å². The number of nitrogen functional groups attached to an aromatic ring is 1. The zero-order valence-electron chi connectivity index (χ0n) is 12.5. The minimum atomic E-state index is -0.0719. The van der Waals surface area contributed by atoms with Gasteiger partial charge in [-0.25, -0.2) is 0 Å². The second-order valence-electron chi connectivity index (χ2n) is 5.74. The van der Waals surface area contributed by atoms with Crippen molar-refractivity contribution in [2.24, 2.45) is 5.92 Å². The molecule has 0 bridgehead atoms. The molecule has 0 aliphatic heterocycles. The van der Waals surface area contributed by atoms with Gasteiger partial charge >= 0.3 is 0 Å². The highest BCUT2D eigenvalue weighted by Gasteiger charge is 2.17. The van der Waals surface area contributed by atoms with Crippen molar-refractivity contribution in [1.29, 1.82) is 0 Å². The number of nitrogens with two attached hydrogens (primary N) is 1. The predicted molar refractivity (Wildman–Crippen MR) is 84.1 cm³/mol. The Bertz CT molecular complexity index is 467. The molecule has 0 radical (unpaired) electrons. The van der Waals surface area contributed by atoms with Crippen LogP contribution in [0.25, 0.3) is 0 Å². The fraction of sp³-hybridized carbons (Fsp3) is 0.562. The number of nitrogens with one attached hydrogen (secondary N) is 1. The molecule has 110 valence electrons. The lowest BCUT2D eigenvalue weighted by Gasteiger charge is -2.29. The third-order valence-corrected chi connectivity index (χ3v) is 4.19. The van der Waals surface area contributed by atoms with E-state index in [9.17, 15) is 4.79 Å². The van der Waals surface area contributed by atoms with Crippen LogP contribution in [-0.4, -0.2) is 26.5 Å². The second kappa shape index (κ2) is 6.64. The van der Waals surface area contributed by atoms with Gasteiger partial charge in [0.1, 0.15) is 0 Å². The zero-order chi connectivity index (χ0) is 14.5. The number of carbonyl (C=O) groups excluding carboxylic acids is 1. The van der Waals surface area contributed by atoms with Gasteiger partial charge in [-0.15, -0.1) is 0 Å². The molecule has 4 heteroatoms. The molecule has 0 atom stereocenters. The Kier molecular flexibility index (Phi) is 4.88. The molecule has 0 heterocycles. The Morgan fingerprint density at radius 1 is 1.35 bits per heavy atom. The molecule has 0 unspecified atom stereocenters. The van der Waals surface area contributed by atoms with E-state index in [1.165, 1.54) is 32.1 Å². The van der Waals surface area contributed by atoms with E-state index in [1.807, 2.05) is 12.1 Å². The number of hydrogen-bond acceptors (Lipinski definition) is 3. The maximum Gasteiger partial charge on any atom is 0.251 e. The van der Waals surface area contributed by atoms with Crippen molar-refractivity contribution in [3.63, 3.8) is 0 Å². The Balaban J connectivity index is 2.11. The quantitative estimate of drug-likeness (QED) is 0.831. The maximum atomic E-state index is 11.7. The number of carbonyl (C=O) groups is 1. The van der Waals surface area contributed by atoms with Gasteiger partial charge in [-0.2, -0.15) is 0 Å². The maximum absolute atomic E-state index is 11.7. The highest BCUT2D eigenvalue weighted by Crippen LogP contribution is 2.28. The molecule has 4 nitrogen and oxygen atoms in total. The van der Waals surface area contributed by atoms with Crippen molar-refractivity contribution in [2.75, 3.05) is 31.3 Å². The summed E-state index contributed by atoms with van der Waals surface area (Å²) in [6.07, 6.45) is 6.66. The molecule has 1 saturated carbocycles. The highest BCUT2D eigenvalue weighted by atomic mass is 16.1. The predicted octanol–water partition coefficient (Wildman–Crippen LogP) is 2.64. The summed E-state index contributed by atoms with van der Waals surface area (Å²) in [7, 11) is 3.71. The molecule has 1 aromatic rings. The fourth-order valence-electron chi connectivity index (χ4n) is 3.02. The lowest BCUT2D eigenvalue weighted by molar-refractivity contribution is 0.0963. The largest absolute Gasteiger partial charge is 0.397 e. The highest BCUT2D eigenvalue weighted by molar-refractivity contribution is 5.96. The second-order valence-corrected chi connectivity index (χ2v) is 5.74. The molecule has 0 spiro atoms. The van der Waals surface area contributed by atoms with Crippen molar-refractivity contribution in [2.45, 2.75) is 32.1 Å². The number of benzene rings is 1. The summed E-state index contributed by atoms with van der Waals surface area (Å²) in [5.41, 5.74) is 8.41. The first-order valence-corrected chi connectivity index (χ1v) is 7.44. The molecule has 1 aromatic carbocycles. The lowest BCUT2D eigenvalue weighted by Crippen LogP contribution is -2.28. The molecule has 20 heavy (non-hydrogen) atoms. The molecule has 1 fully saturated rings. The number of rotatable bonds is 4. The Hall–Kier alpha value is -1.71. The van der Waals surface area contributed by atoms with Crippen LogP contribution in [0.5, 0.6) is 0 Å². The van der Waals surface area contributed by atoms with Crippen LogP contribution in [0.1, 0.15) is 42.5 Å². The van der Waals surface area contributed by atoms with E-state index in [0.29, 0.717) is 5.56 Å². The Morgan fingerprint density at radius 2 is 2.05 bits per heavy atom. The molecule has 3 N–H and O–H groups in total. The molecule has 1 aliphatic rings. The van der Waals surface area contributed by atoms with Crippen molar-refractivity contribution in [1.82, 2.24) is 5.32 Å². The molecular formula is C16H25N3O. The fourth-order valence-corrected chi connectivity index (χ4v) is 3.02. The third-order valence-electron chi connectivity index (χ3n) is 4.19. The summed E-state index contributed by atoms with van der Waals surface area (Å²) in [6, 6.07) is 5.47. The lowest BCUT2D eigenvalue weighted by atomic mass is 9.89. The average molecular weight is 275 g/mol. The molecule has 0 aromatic heterocycles.